The highest BCUT2D eigenvalue weighted by molar-refractivity contribution is 5.78. The maximum Gasteiger partial charge on any atom is 0.261 e. The Balaban J connectivity index is 1.61. The normalized spacial score (nSPS) is 16.7. The molecule has 0 aliphatic carbocycles. The van der Waals surface area contributed by atoms with Gasteiger partial charge in [0.1, 0.15) is 11.5 Å². The molecule has 0 saturated carbocycles. The van der Waals surface area contributed by atoms with Crippen molar-refractivity contribution in [1.29, 1.82) is 0 Å². The lowest BCUT2D eigenvalue weighted by atomic mass is 10.0. The number of carbonyl (C=O) groups excluding carboxylic acids is 1. The van der Waals surface area contributed by atoms with Crippen LogP contribution < -0.4 is 9.47 Å². The average Bonchev–Trinajstić information content (AvgIpc) is 3.16. The minimum absolute atomic E-state index is 0.0397. The molecule has 0 spiro atoms. The number of carbonyl (C=O) groups is 1. The lowest BCUT2D eigenvalue weighted by molar-refractivity contribution is -0.134. The smallest absolute Gasteiger partial charge is 0.261 e. The van der Waals surface area contributed by atoms with Gasteiger partial charge < -0.3 is 14.4 Å². The highest BCUT2D eigenvalue weighted by Crippen LogP contribution is 2.32. The van der Waals surface area contributed by atoms with Crippen LogP contribution in [0.4, 0.5) is 0 Å². The lowest BCUT2D eigenvalue weighted by Gasteiger charge is -2.25. The maximum absolute atomic E-state index is 12.6. The summed E-state index contributed by atoms with van der Waals surface area (Å²) < 4.78 is 10.9. The summed E-state index contributed by atoms with van der Waals surface area (Å²) in [4.78, 5) is 14.6. The van der Waals surface area contributed by atoms with Crippen LogP contribution in [0.3, 0.4) is 0 Å². The fraction of sp³-hybridized carbons (Fsp3) is 0.381. The largest absolute Gasteiger partial charge is 0.497 e. The van der Waals surface area contributed by atoms with Crippen molar-refractivity contribution in [3.8, 4) is 11.5 Å². The first-order valence-corrected chi connectivity index (χ1v) is 8.86. The minimum Gasteiger partial charge on any atom is -0.497 e. The van der Waals surface area contributed by atoms with E-state index < -0.39 is 0 Å². The van der Waals surface area contributed by atoms with Crippen LogP contribution in [0.15, 0.2) is 48.5 Å². The molecule has 1 fully saturated rings. The number of amides is 1. The van der Waals surface area contributed by atoms with Crippen LogP contribution in [0.25, 0.3) is 0 Å². The zero-order valence-electron chi connectivity index (χ0n) is 14.9. The Bertz CT molecular complexity index is 694. The molecule has 25 heavy (non-hydrogen) atoms. The van der Waals surface area contributed by atoms with Gasteiger partial charge in [0, 0.05) is 6.54 Å². The molecule has 1 saturated heterocycles. The molecule has 0 aromatic heterocycles. The van der Waals surface area contributed by atoms with Crippen molar-refractivity contribution >= 4 is 5.91 Å². The Hall–Kier alpha value is -2.49. The molecule has 1 unspecified atom stereocenters. The first kappa shape index (κ1) is 17.3. The zero-order valence-corrected chi connectivity index (χ0v) is 14.9. The Labute approximate surface area is 149 Å². The molecular weight excluding hydrogens is 314 g/mol. The van der Waals surface area contributed by atoms with Crippen molar-refractivity contribution in [2.75, 3.05) is 20.3 Å². The summed E-state index contributed by atoms with van der Waals surface area (Å²) in [5, 5.41) is 0. The monoisotopic (exact) mass is 339 g/mol. The standard InChI is InChI=1S/C21H25NO3/c1-3-16-6-10-19(11-7-16)25-15-21(23)22-14-4-5-20(22)17-8-12-18(24-2)13-9-17/h6-13,20H,3-5,14-15H2,1-2H3. The van der Waals surface area contributed by atoms with E-state index in [0.717, 1.165) is 42.9 Å². The Morgan fingerprint density at radius 1 is 1.08 bits per heavy atom. The van der Waals surface area contributed by atoms with Gasteiger partial charge in [0.25, 0.3) is 5.91 Å². The van der Waals surface area contributed by atoms with Gasteiger partial charge in [0.2, 0.25) is 0 Å². The number of ether oxygens (including phenoxy) is 2. The van der Waals surface area contributed by atoms with Gasteiger partial charge in [0.15, 0.2) is 6.61 Å². The van der Waals surface area contributed by atoms with Crippen LogP contribution in [0.1, 0.15) is 36.9 Å². The molecule has 2 aromatic carbocycles. The summed E-state index contributed by atoms with van der Waals surface area (Å²) >= 11 is 0. The van der Waals surface area contributed by atoms with E-state index in [-0.39, 0.29) is 18.6 Å². The van der Waals surface area contributed by atoms with E-state index in [1.807, 2.05) is 53.4 Å². The third kappa shape index (κ3) is 4.13. The van der Waals surface area contributed by atoms with E-state index in [1.165, 1.54) is 5.56 Å². The van der Waals surface area contributed by atoms with Crippen molar-refractivity contribution in [1.82, 2.24) is 4.90 Å². The van der Waals surface area contributed by atoms with E-state index >= 15 is 0 Å². The van der Waals surface area contributed by atoms with Gasteiger partial charge in [-0.2, -0.15) is 0 Å². The van der Waals surface area contributed by atoms with Gasteiger partial charge in [0.05, 0.1) is 13.2 Å². The molecule has 2 aromatic rings. The molecule has 0 radical (unpaired) electrons. The Morgan fingerprint density at radius 2 is 1.76 bits per heavy atom. The fourth-order valence-corrected chi connectivity index (χ4v) is 3.29. The summed E-state index contributed by atoms with van der Waals surface area (Å²) in [7, 11) is 1.66. The first-order chi connectivity index (χ1) is 12.2. The highest BCUT2D eigenvalue weighted by Gasteiger charge is 2.30. The van der Waals surface area contributed by atoms with E-state index in [9.17, 15) is 4.79 Å². The second-order valence-corrected chi connectivity index (χ2v) is 6.30. The maximum atomic E-state index is 12.6. The summed E-state index contributed by atoms with van der Waals surface area (Å²) in [6.07, 6.45) is 3.01. The predicted molar refractivity (Wildman–Crippen MR) is 98.0 cm³/mol. The molecule has 0 bridgehead atoms. The van der Waals surface area contributed by atoms with Gasteiger partial charge >= 0.3 is 0 Å². The van der Waals surface area contributed by atoms with E-state index in [4.69, 9.17) is 9.47 Å². The van der Waals surface area contributed by atoms with Crippen molar-refractivity contribution in [3.05, 3.63) is 59.7 Å². The van der Waals surface area contributed by atoms with Gasteiger partial charge in [-0.3, -0.25) is 4.79 Å². The highest BCUT2D eigenvalue weighted by atomic mass is 16.5. The minimum atomic E-state index is 0.0397. The number of benzene rings is 2. The molecule has 1 heterocycles. The predicted octanol–water partition coefficient (Wildman–Crippen LogP) is 4.00. The molecule has 4 heteroatoms. The summed E-state index contributed by atoms with van der Waals surface area (Å²) in [5.41, 5.74) is 2.41. The van der Waals surface area contributed by atoms with Crippen molar-refractivity contribution in [3.63, 3.8) is 0 Å². The zero-order chi connectivity index (χ0) is 17.6. The molecule has 1 amide bonds. The molecule has 1 atom stereocenters. The molecule has 1 aliphatic heterocycles. The van der Waals surface area contributed by atoms with Crippen molar-refractivity contribution in [2.45, 2.75) is 32.2 Å². The van der Waals surface area contributed by atoms with Crippen molar-refractivity contribution < 1.29 is 14.3 Å². The Kier molecular flexibility index (Phi) is 5.59. The number of hydrogen-bond donors (Lipinski definition) is 0. The number of aryl methyl sites for hydroxylation is 1. The van der Waals surface area contributed by atoms with Gasteiger partial charge in [-0.1, -0.05) is 31.2 Å². The molecule has 4 nitrogen and oxygen atoms in total. The molecule has 132 valence electrons. The molecule has 1 aliphatic rings. The lowest BCUT2D eigenvalue weighted by Crippen LogP contribution is -2.34. The van der Waals surface area contributed by atoms with Crippen LogP contribution in [-0.2, 0) is 11.2 Å². The van der Waals surface area contributed by atoms with E-state index in [2.05, 4.69) is 6.92 Å². The number of nitrogens with zero attached hydrogens (tertiary/aromatic N) is 1. The topological polar surface area (TPSA) is 38.8 Å². The second-order valence-electron chi connectivity index (χ2n) is 6.30. The fourth-order valence-electron chi connectivity index (χ4n) is 3.29. The number of rotatable bonds is 6. The van der Waals surface area contributed by atoms with E-state index in [1.54, 1.807) is 7.11 Å². The first-order valence-electron chi connectivity index (χ1n) is 8.86. The van der Waals surface area contributed by atoms with Crippen LogP contribution in [-0.4, -0.2) is 31.1 Å². The summed E-state index contributed by atoms with van der Waals surface area (Å²) in [6, 6.07) is 16.0. The van der Waals surface area contributed by atoms with Crippen LogP contribution in [0, 0.1) is 0 Å². The third-order valence-corrected chi connectivity index (χ3v) is 4.77. The quantitative estimate of drug-likeness (QED) is 0.798. The van der Waals surface area contributed by atoms with Gasteiger partial charge in [-0.25, -0.2) is 0 Å². The third-order valence-electron chi connectivity index (χ3n) is 4.77. The SMILES string of the molecule is CCc1ccc(OCC(=O)N2CCCC2c2ccc(OC)cc2)cc1. The van der Waals surface area contributed by atoms with E-state index in [0.29, 0.717) is 0 Å². The Morgan fingerprint density at radius 3 is 2.40 bits per heavy atom. The van der Waals surface area contributed by atoms with Gasteiger partial charge in [-0.15, -0.1) is 0 Å². The molecule has 3 rings (SSSR count). The number of methoxy groups -OCH3 is 1. The second kappa shape index (κ2) is 8.06. The molecular formula is C21H25NO3. The van der Waals surface area contributed by atoms with Crippen LogP contribution in [0.5, 0.6) is 11.5 Å². The van der Waals surface area contributed by atoms with Crippen molar-refractivity contribution in [2.24, 2.45) is 0 Å². The number of likely N-dealkylation sites (tertiary alicyclic amines) is 1. The summed E-state index contributed by atoms with van der Waals surface area (Å²) in [5.74, 6) is 1.61. The van der Waals surface area contributed by atoms with Crippen LogP contribution in [0.2, 0.25) is 0 Å². The van der Waals surface area contributed by atoms with Gasteiger partial charge in [-0.05, 0) is 54.7 Å². The summed E-state index contributed by atoms with van der Waals surface area (Å²) in [6.45, 7) is 2.98. The number of hydrogen-bond acceptors (Lipinski definition) is 3. The molecule has 0 N–H and O–H groups in total. The average molecular weight is 339 g/mol. The van der Waals surface area contributed by atoms with Crippen LogP contribution >= 0.6 is 0 Å².